The third-order valence-electron chi connectivity index (χ3n) is 3.76. The minimum Gasteiger partial charge on any atom is -0.506 e. The van der Waals surface area contributed by atoms with Crippen LogP contribution in [0.4, 0.5) is 5.69 Å². The number of phenols is 1. The Kier molecular flexibility index (Phi) is 5.06. The molecule has 4 nitrogen and oxygen atoms in total. The Hall–Kier alpha value is -2.33. The Labute approximate surface area is 137 Å². The summed E-state index contributed by atoms with van der Waals surface area (Å²) in [6, 6.07) is 14.2. The van der Waals surface area contributed by atoms with Crippen molar-refractivity contribution in [3.63, 3.8) is 0 Å². The molecule has 2 aromatic carbocycles. The molecular weight excluding hydrogens is 288 g/mol. The van der Waals surface area contributed by atoms with Crippen LogP contribution in [0.5, 0.6) is 5.75 Å². The van der Waals surface area contributed by atoms with E-state index in [1.54, 1.807) is 12.1 Å². The molecule has 1 atom stereocenters. The number of amides is 1. The summed E-state index contributed by atoms with van der Waals surface area (Å²) in [6.07, 6.45) is 0.451. The summed E-state index contributed by atoms with van der Waals surface area (Å²) >= 11 is 0. The minimum atomic E-state index is -0.671. The van der Waals surface area contributed by atoms with Gasteiger partial charge in [-0.1, -0.05) is 57.2 Å². The Morgan fingerprint density at radius 2 is 1.83 bits per heavy atom. The van der Waals surface area contributed by atoms with Crippen molar-refractivity contribution in [2.45, 2.75) is 38.6 Å². The molecule has 4 heteroatoms. The smallest absolute Gasteiger partial charge is 0.241 e. The molecule has 1 amide bonds. The van der Waals surface area contributed by atoms with E-state index >= 15 is 0 Å². The highest BCUT2D eigenvalue weighted by atomic mass is 16.3. The summed E-state index contributed by atoms with van der Waals surface area (Å²) in [5.41, 5.74) is 8.33. The maximum absolute atomic E-state index is 12.3. The van der Waals surface area contributed by atoms with Gasteiger partial charge in [0, 0.05) is 0 Å². The Morgan fingerprint density at radius 3 is 2.43 bits per heavy atom. The molecule has 0 radical (unpaired) electrons. The first-order valence-corrected chi connectivity index (χ1v) is 7.71. The quantitative estimate of drug-likeness (QED) is 0.759. The Balaban J connectivity index is 2.10. The second kappa shape index (κ2) is 6.84. The van der Waals surface area contributed by atoms with Gasteiger partial charge in [-0.05, 0) is 35.1 Å². The molecule has 0 saturated carbocycles. The van der Waals surface area contributed by atoms with Gasteiger partial charge in [-0.3, -0.25) is 4.79 Å². The second-order valence-electron chi connectivity index (χ2n) is 6.77. The molecule has 122 valence electrons. The standard InChI is InChI=1S/C19H24N2O2/c1-19(2,3)14-9-10-17(22)16(12-14)21-18(23)15(20)11-13-7-5-4-6-8-13/h4-10,12,15,22H,11,20H2,1-3H3,(H,21,23). The third kappa shape index (κ3) is 4.57. The molecule has 0 aromatic heterocycles. The van der Waals surface area contributed by atoms with E-state index in [2.05, 4.69) is 26.1 Å². The lowest BCUT2D eigenvalue weighted by Crippen LogP contribution is -2.37. The fraction of sp³-hybridized carbons (Fsp3) is 0.316. The molecule has 0 spiro atoms. The van der Waals surface area contributed by atoms with E-state index in [4.69, 9.17) is 5.73 Å². The number of carbonyl (C=O) groups excluding carboxylic acids is 1. The van der Waals surface area contributed by atoms with Crippen LogP contribution in [0.3, 0.4) is 0 Å². The molecule has 0 aliphatic carbocycles. The highest BCUT2D eigenvalue weighted by Gasteiger charge is 2.19. The van der Waals surface area contributed by atoms with Crippen molar-refractivity contribution in [2.24, 2.45) is 5.73 Å². The lowest BCUT2D eigenvalue weighted by molar-refractivity contribution is -0.117. The first-order chi connectivity index (χ1) is 10.8. The Bertz CT molecular complexity index is 676. The van der Waals surface area contributed by atoms with E-state index < -0.39 is 6.04 Å². The molecule has 0 heterocycles. The number of nitrogens with one attached hydrogen (secondary N) is 1. The van der Waals surface area contributed by atoms with Crippen molar-refractivity contribution in [3.05, 3.63) is 59.7 Å². The number of rotatable bonds is 4. The van der Waals surface area contributed by atoms with E-state index in [0.717, 1.165) is 11.1 Å². The predicted molar refractivity (Wildman–Crippen MR) is 93.6 cm³/mol. The maximum Gasteiger partial charge on any atom is 0.241 e. The lowest BCUT2D eigenvalue weighted by Gasteiger charge is -2.21. The number of phenolic OH excluding ortho intramolecular Hbond substituents is 1. The number of nitrogens with two attached hydrogens (primary N) is 1. The van der Waals surface area contributed by atoms with Gasteiger partial charge in [0.15, 0.2) is 0 Å². The Morgan fingerprint density at radius 1 is 1.17 bits per heavy atom. The summed E-state index contributed by atoms with van der Waals surface area (Å²) in [5, 5.41) is 12.7. The summed E-state index contributed by atoms with van der Waals surface area (Å²) in [6.45, 7) is 6.23. The van der Waals surface area contributed by atoms with Crippen molar-refractivity contribution < 1.29 is 9.90 Å². The summed E-state index contributed by atoms with van der Waals surface area (Å²) in [4.78, 5) is 12.3. The maximum atomic E-state index is 12.3. The topological polar surface area (TPSA) is 75.3 Å². The van der Waals surface area contributed by atoms with E-state index in [-0.39, 0.29) is 17.1 Å². The second-order valence-corrected chi connectivity index (χ2v) is 6.77. The average molecular weight is 312 g/mol. The van der Waals surface area contributed by atoms with Crippen LogP contribution in [0.15, 0.2) is 48.5 Å². The normalized spacial score (nSPS) is 12.7. The van der Waals surface area contributed by atoms with Gasteiger partial charge in [-0.2, -0.15) is 0 Å². The van der Waals surface area contributed by atoms with Crippen LogP contribution in [0, 0.1) is 0 Å². The molecule has 0 aliphatic heterocycles. The summed E-state index contributed by atoms with van der Waals surface area (Å²) < 4.78 is 0. The van der Waals surface area contributed by atoms with Crippen molar-refractivity contribution in [1.29, 1.82) is 0 Å². The number of carbonyl (C=O) groups is 1. The number of hydrogen-bond acceptors (Lipinski definition) is 3. The van der Waals surface area contributed by atoms with Gasteiger partial charge < -0.3 is 16.2 Å². The van der Waals surface area contributed by atoms with Gasteiger partial charge in [-0.15, -0.1) is 0 Å². The van der Waals surface area contributed by atoms with Crippen LogP contribution in [0.25, 0.3) is 0 Å². The first-order valence-electron chi connectivity index (χ1n) is 7.71. The fourth-order valence-corrected chi connectivity index (χ4v) is 2.29. The molecule has 0 saturated heterocycles. The van der Waals surface area contributed by atoms with E-state index in [1.807, 2.05) is 36.4 Å². The van der Waals surface area contributed by atoms with E-state index in [1.165, 1.54) is 0 Å². The zero-order valence-electron chi connectivity index (χ0n) is 13.8. The molecule has 4 N–H and O–H groups in total. The molecule has 0 bridgehead atoms. The number of benzene rings is 2. The van der Waals surface area contributed by atoms with Crippen molar-refractivity contribution >= 4 is 11.6 Å². The van der Waals surface area contributed by atoms with Gasteiger partial charge in [0.1, 0.15) is 5.75 Å². The molecule has 0 aliphatic rings. The van der Waals surface area contributed by atoms with Crippen LogP contribution in [0.1, 0.15) is 31.9 Å². The monoisotopic (exact) mass is 312 g/mol. The summed E-state index contributed by atoms with van der Waals surface area (Å²) in [7, 11) is 0. The minimum absolute atomic E-state index is 0.0401. The van der Waals surface area contributed by atoms with Crippen LogP contribution in [0.2, 0.25) is 0 Å². The van der Waals surface area contributed by atoms with Crippen molar-refractivity contribution in [1.82, 2.24) is 0 Å². The van der Waals surface area contributed by atoms with Crippen molar-refractivity contribution in [3.8, 4) is 5.75 Å². The number of anilines is 1. The third-order valence-corrected chi connectivity index (χ3v) is 3.76. The van der Waals surface area contributed by atoms with Gasteiger partial charge in [0.05, 0.1) is 11.7 Å². The average Bonchev–Trinajstić information content (AvgIpc) is 2.49. The van der Waals surface area contributed by atoms with Crippen molar-refractivity contribution in [2.75, 3.05) is 5.32 Å². The highest BCUT2D eigenvalue weighted by Crippen LogP contribution is 2.30. The molecule has 2 rings (SSSR count). The molecule has 2 aromatic rings. The van der Waals surface area contributed by atoms with E-state index in [9.17, 15) is 9.90 Å². The number of hydrogen-bond donors (Lipinski definition) is 3. The number of aromatic hydroxyl groups is 1. The first kappa shape index (κ1) is 17.0. The zero-order valence-corrected chi connectivity index (χ0v) is 13.8. The lowest BCUT2D eigenvalue weighted by atomic mass is 9.87. The van der Waals surface area contributed by atoms with Crippen LogP contribution in [-0.2, 0) is 16.6 Å². The largest absolute Gasteiger partial charge is 0.506 e. The van der Waals surface area contributed by atoms with Crippen LogP contribution >= 0.6 is 0 Å². The van der Waals surface area contributed by atoms with Crippen LogP contribution < -0.4 is 11.1 Å². The molecular formula is C19H24N2O2. The molecule has 0 fully saturated rings. The fourth-order valence-electron chi connectivity index (χ4n) is 2.29. The molecule has 23 heavy (non-hydrogen) atoms. The van der Waals surface area contributed by atoms with E-state index in [0.29, 0.717) is 12.1 Å². The van der Waals surface area contributed by atoms with Gasteiger partial charge in [0.2, 0.25) is 5.91 Å². The van der Waals surface area contributed by atoms with Gasteiger partial charge in [0.25, 0.3) is 0 Å². The van der Waals surface area contributed by atoms with Gasteiger partial charge >= 0.3 is 0 Å². The summed E-state index contributed by atoms with van der Waals surface area (Å²) in [5.74, 6) is -0.270. The molecule has 1 unspecified atom stereocenters. The predicted octanol–water partition coefficient (Wildman–Crippen LogP) is 3.20. The zero-order chi connectivity index (χ0) is 17.0. The van der Waals surface area contributed by atoms with Crippen LogP contribution in [-0.4, -0.2) is 17.1 Å². The SMILES string of the molecule is CC(C)(C)c1ccc(O)c(NC(=O)C(N)Cc2ccccc2)c1. The highest BCUT2D eigenvalue weighted by molar-refractivity contribution is 5.96. The van der Waals surface area contributed by atoms with Gasteiger partial charge in [-0.25, -0.2) is 0 Å².